The van der Waals surface area contributed by atoms with E-state index in [0.29, 0.717) is 13.2 Å². The molecule has 2 aromatic rings. The lowest BCUT2D eigenvalue weighted by Crippen LogP contribution is -2.46. The summed E-state index contributed by atoms with van der Waals surface area (Å²) in [5, 5.41) is 0. The molecule has 9 heteroatoms. The Balaban J connectivity index is 1.38. The number of ether oxygens (including phenoxy) is 4. The van der Waals surface area contributed by atoms with Gasteiger partial charge in [-0.05, 0) is 30.4 Å². The summed E-state index contributed by atoms with van der Waals surface area (Å²) in [6.45, 7) is 1.09. The first-order valence-corrected chi connectivity index (χ1v) is 11.7. The van der Waals surface area contributed by atoms with Gasteiger partial charge in [-0.25, -0.2) is 4.79 Å². The normalized spacial score (nSPS) is 17.6. The summed E-state index contributed by atoms with van der Waals surface area (Å²) in [7, 11) is 1.46. The fraction of sp³-hybridized carbons (Fsp3) is 0.423. The van der Waals surface area contributed by atoms with Gasteiger partial charge in [0, 0.05) is 24.8 Å². The molecule has 0 radical (unpaired) electrons. The molecule has 1 heterocycles. The van der Waals surface area contributed by atoms with Crippen LogP contribution in [0.5, 0.6) is 0 Å². The van der Waals surface area contributed by atoms with Gasteiger partial charge in [0.1, 0.15) is 6.04 Å². The molecule has 9 nitrogen and oxygen atoms in total. The van der Waals surface area contributed by atoms with Crippen molar-refractivity contribution in [2.75, 3.05) is 33.5 Å². The number of nitrogens with zero attached hydrogens (tertiary/aromatic N) is 3. The van der Waals surface area contributed by atoms with Crippen molar-refractivity contribution in [3.63, 3.8) is 0 Å². The Kier molecular flexibility index (Phi) is 8.39. The number of rotatable bonds is 10. The van der Waals surface area contributed by atoms with Gasteiger partial charge in [-0.15, -0.1) is 0 Å². The zero-order chi connectivity index (χ0) is 24.6. The maximum absolute atomic E-state index is 13.1. The minimum absolute atomic E-state index is 0.108. The van der Waals surface area contributed by atoms with E-state index in [-0.39, 0.29) is 19.5 Å². The predicted molar refractivity (Wildman–Crippen MR) is 127 cm³/mol. The first-order valence-electron chi connectivity index (χ1n) is 11.7. The van der Waals surface area contributed by atoms with Gasteiger partial charge in [-0.2, -0.15) is 4.79 Å². The van der Waals surface area contributed by atoms with Crippen molar-refractivity contribution in [1.29, 1.82) is 0 Å². The van der Waals surface area contributed by atoms with Crippen LogP contribution in [0.1, 0.15) is 36.5 Å². The van der Waals surface area contributed by atoms with E-state index in [9.17, 15) is 9.59 Å². The third-order valence-electron chi connectivity index (χ3n) is 6.21. The zero-order valence-electron chi connectivity index (χ0n) is 19.7. The highest BCUT2D eigenvalue weighted by Gasteiger charge is 2.35. The van der Waals surface area contributed by atoms with E-state index >= 15 is 0 Å². The van der Waals surface area contributed by atoms with Crippen LogP contribution in [-0.4, -0.2) is 73.6 Å². The summed E-state index contributed by atoms with van der Waals surface area (Å²) in [6.07, 6.45) is 2.17. The summed E-state index contributed by atoms with van der Waals surface area (Å²) in [5.41, 5.74) is 12.6. The van der Waals surface area contributed by atoms with E-state index in [0.717, 1.165) is 47.7 Å². The summed E-state index contributed by atoms with van der Waals surface area (Å²) >= 11 is 0. The van der Waals surface area contributed by atoms with Crippen molar-refractivity contribution >= 4 is 18.1 Å². The van der Waals surface area contributed by atoms with Gasteiger partial charge < -0.3 is 24.5 Å². The van der Waals surface area contributed by atoms with E-state index in [1.807, 2.05) is 48.5 Å². The number of hydrogen-bond acceptors (Lipinski definition) is 6. The molecule has 0 N–H and O–H groups in total. The highest BCUT2D eigenvalue weighted by Crippen LogP contribution is 2.45. The largest absolute Gasteiger partial charge is 0.436 e. The highest BCUT2D eigenvalue weighted by molar-refractivity contribution is 6.28. The molecular weight excluding hydrogens is 450 g/mol. The molecule has 0 aromatic heterocycles. The molecule has 0 bridgehead atoms. The highest BCUT2D eigenvalue weighted by atomic mass is 16.7. The van der Waals surface area contributed by atoms with Crippen molar-refractivity contribution in [3.05, 3.63) is 65.2 Å². The number of Topliss-reactive ketones (excluding diaryl/α,β-unsaturated/α-hetero) is 1. The first kappa shape index (κ1) is 24.8. The molecule has 1 aliphatic heterocycles. The van der Waals surface area contributed by atoms with Crippen molar-refractivity contribution in [3.8, 4) is 11.1 Å². The van der Waals surface area contributed by atoms with Gasteiger partial charge in [-0.3, -0.25) is 9.69 Å². The standard InChI is InChI=1S/C26H29N3O6/c1-29(22(23(30)16-28-27)17-32-14-15-34-24-12-6-7-13-33-24)26(31)35-25-20-10-4-2-8-18(20)19-9-3-5-11-21(19)25/h2-5,8-11,16,22,24-25H,6-7,12-15,17H2,1H3/t22-,24?/m0/s1. The van der Waals surface area contributed by atoms with Crippen LogP contribution in [0.25, 0.3) is 16.7 Å². The molecule has 1 aliphatic carbocycles. The monoisotopic (exact) mass is 479 g/mol. The minimum atomic E-state index is -1.03. The number of hydrogen-bond donors (Lipinski definition) is 0. The molecule has 35 heavy (non-hydrogen) atoms. The second-order valence-corrected chi connectivity index (χ2v) is 8.45. The average Bonchev–Trinajstić information content (AvgIpc) is 3.20. The Morgan fingerprint density at radius 1 is 1.11 bits per heavy atom. The van der Waals surface area contributed by atoms with Crippen LogP contribution < -0.4 is 0 Å². The van der Waals surface area contributed by atoms with Gasteiger partial charge in [-0.1, -0.05) is 48.5 Å². The Labute approximate surface area is 204 Å². The van der Waals surface area contributed by atoms with Crippen LogP contribution in [0.3, 0.4) is 0 Å². The fourth-order valence-corrected chi connectivity index (χ4v) is 4.35. The lowest BCUT2D eigenvalue weighted by atomic mass is 10.1. The van der Waals surface area contributed by atoms with Crippen LogP contribution in [-0.2, 0) is 23.7 Å². The molecular formula is C26H29N3O6. The second-order valence-electron chi connectivity index (χ2n) is 8.45. The van der Waals surface area contributed by atoms with Crippen LogP contribution in [0.15, 0.2) is 48.5 Å². The number of carbonyl (C=O) groups excluding carboxylic acids is 2. The van der Waals surface area contributed by atoms with Crippen LogP contribution >= 0.6 is 0 Å². The summed E-state index contributed by atoms with van der Waals surface area (Å²) in [4.78, 5) is 29.6. The van der Waals surface area contributed by atoms with Crippen LogP contribution in [0.4, 0.5) is 4.79 Å². The Morgan fingerprint density at radius 2 is 1.80 bits per heavy atom. The first-order chi connectivity index (χ1) is 17.1. The van der Waals surface area contributed by atoms with E-state index in [4.69, 9.17) is 24.5 Å². The molecule has 0 saturated carbocycles. The lowest BCUT2D eigenvalue weighted by molar-refractivity contribution is -0.169. The number of benzene rings is 2. The lowest BCUT2D eigenvalue weighted by Gasteiger charge is -2.27. The van der Waals surface area contributed by atoms with E-state index in [2.05, 4.69) is 4.79 Å². The second kappa shape index (κ2) is 11.9. The third kappa shape index (κ3) is 5.83. The predicted octanol–water partition coefficient (Wildman–Crippen LogP) is 3.62. The summed E-state index contributed by atoms with van der Waals surface area (Å²) in [6, 6.07) is 14.5. The maximum atomic E-state index is 13.1. The number of likely N-dealkylation sites (N-methyl/N-ethyl adjacent to an activating group) is 1. The van der Waals surface area contributed by atoms with Crippen molar-refractivity contribution in [2.24, 2.45) is 0 Å². The SMILES string of the molecule is CN(C(=O)OC1c2ccccc2-c2ccccc21)[C@@H](COCCOC1CCCCO1)C(=O)C=[N+]=[N-]. The smallest absolute Gasteiger partial charge is 0.411 e. The molecule has 4 rings (SSSR count). The Morgan fingerprint density at radius 3 is 2.43 bits per heavy atom. The fourth-order valence-electron chi connectivity index (χ4n) is 4.35. The van der Waals surface area contributed by atoms with E-state index < -0.39 is 24.0 Å². The molecule has 2 atom stereocenters. The van der Waals surface area contributed by atoms with E-state index in [1.165, 1.54) is 11.9 Å². The van der Waals surface area contributed by atoms with Gasteiger partial charge in [0.2, 0.25) is 0 Å². The molecule has 1 unspecified atom stereocenters. The van der Waals surface area contributed by atoms with Crippen LogP contribution in [0.2, 0.25) is 0 Å². The van der Waals surface area contributed by atoms with Crippen molar-refractivity contribution in [1.82, 2.24) is 4.90 Å². The summed E-state index contributed by atoms with van der Waals surface area (Å²) in [5.74, 6) is -0.587. The van der Waals surface area contributed by atoms with Crippen molar-refractivity contribution < 1.29 is 33.3 Å². The number of fused-ring (bicyclic) bond motifs is 3. The van der Waals surface area contributed by atoms with E-state index in [1.54, 1.807) is 0 Å². The number of ketones is 1. The molecule has 0 spiro atoms. The molecule has 2 aromatic carbocycles. The number of carbonyl (C=O) groups is 2. The molecule has 184 valence electrons. The average molecular weight is 480 g/mol. The van der Waals surface area contributed by atoms with Gasteiger partial charge in [0.15, 0.2) is 12.4 Å². The molecule has 2 aliphatic rings. The number of amides is 1. The maximum Gasteiger partial charge on any atom is 0.411 e. The molecule has 1 amide bonds. The summed E-state index contributed by atoms with van der Waals surface area (Å²) < 4.78 is 22.6. The third-order valence-corrected chi connectivity index (χ3v) is 6.21. The Hall–Kier alpha value is -3.36. The topological polar surface area (TPSA) is 111 Å². The van der Waals surface area contributed by atoms with Crippen molar-refractivity contribution in [2.45, 2.75) is 37.7 Å². The van der Waals surface area contributed by atoms with Gasteiger partial charge >= 0.3 is 12.3 Å². The molecule has 1 fully saturated rings. The van der Waals surface area contributed by atoms with Crippen LogP contribution in [0, 0.1) is 0 Å². The Bertz CT molecular complexity index is 1050. The van der Waals surface area contributed by atoms with Gasteiger partial charge in [0.25, 0.3) is 5.78 Å². The zero-order valence-corrected chi connectivity index (χ0v) is 19.7. The van der Waals surface area contributed by atoms with Gasteiger partial charge in [0.05, 0.1) is 19.8 Å². The minimum Gasteiger partial charge on any atom is -0.436 e. The molecule has 1 saturated heterocycles. The quantitative estimate of drug-likeness (QED) is 0.223.